The number of benzene rings is 7. The third-order valence-electron chi connectivity index (χ3n) is 10.00. The standard InChI is InChI=1S/C46H28N6S4/c1-5-13-31(14-6-1)51(32-15-7-2-8-16-32)35-23-21-29-25-39(53-37(29)27-35)41-43-45(49-55-47-43)42(46-44(41)48-56-50-46)40-26-30-22-24-36(28-38(30)54-40)52(33-17-9-3-10-18-33)34-19-11-4-12-20-34/h1-28H. The molecule has 3 aromatic heterocycles. The Bertz CT molecular complexity index is 2850. The van der Waals surface area contributed by atoms with Gasteiger partial charge in [0.2, 0.25) is 0 Å². The molecule has 0 amide bonds. The maximum Gasteiger partial charge on any atom is 0.116 e. The minimum absolute atomic E-state index is 0.865. The zero-order valence-electron chi connectivity index (χ0n) is 29.5. The number of thiophene rings is 2. The summed E-state index contributed by atoms with van der Waals surface area (Å²) in [6.07, 6.45) is 0. The number of hydrogen-bond acceptors (Lipinski definition) is 9. The summed E-state index contributed by atoms with van der Waals surface area (Å²) in [7, 11) is 0. The van der Waals surface area contributed by atoms with E-state index in [2.05, 4.69) is 180 Å². The monoisotopic (exact) mass is 792 g/mol. The highest BCUT2D eigenvalue weighted by Crippen LogP contribution is 2.55. The fourth-order valence-corrected chi connectivity index (χ4v) is 10.9. The number of fused-ring (bicyclic) bond motifs is 4. The molecule has 10 aromatic rings. The van der Waals surface area contributed by atoms with Crippen molar-refractivity contribution in [1.29, 1.82) is 0 Å². The second-order valence-electron chi connectivity index (χ2n) is 13.4. The number of nitrogens with zero attached hydrogens (tertiary/aromatic N) is 6. The van der Waals surface area contributed by atoms with Gasteiger partial charge in [0.05, 0.1) is 23.1 Å². The summed E-state index contributed by atoms with van der Waals surface area (Å²) in [4.78, 5) is 6.81. The van der Waals surface area contributed by atoms with Crippen LogP contribution in [0, 0.1) is 0 Å². The van der Waals surface area contributed by atoms with Gasteiger partial charge in [-0.1, -0.05) is 84.9 Å². The molecule has 0 aliphatic carbocycles. The molecular weight excluding hydrogens is 765 g/mol. The third-order valence-corrected chi connectivity index (χ3v) is 13.3. The molecule has 11 rings (SSSR count). The van der Waals surface area contributed by atoms with Crippen LogP contribution in [0.15, 0.2) is 179 Å². The molecule has 266 valence electrons. The van der Waals surface area contributed by atoms with E-state index >= 15 is 0 Å². The molecule has 0 spiro atoms. The van der Waals surface area contributed by atoms with Gasteiger partial charge >= 0.3 is 0 Å². The van der Waals surface area contributed by atoms with E-state index in [9.17, 15) is 0 Å². The summed E-state index contributed by atoms with van der Waals surface area (Å²) in [6, 6.07) is 60.0. The maximum atomic E-state index is 4.93. The Morgan fingerprint density at radius 3 is 1.12 bits per heavy atom. The number of aromatic nitrogens is 2. The van der Waals surface area contributed by atoms with Crippen LogP contribution in [0.25, 0.3) is 52.1 Å². The van der Waals surface area contributed by atoms with E-state index in [4.69, 9.17) is 17.5 Å². The molecule has 1 aliphatic heterocycles. The van der Waals surface area contributed by atoms with Crippen molar-refractivity contribution >= 4 is 122 Å². The van der Waals surface area contributed by atoms with Gasteiger partial charge < -0.3 is 9.80 Å². The highest BCUT2D eigenvalue weighted by atomic mass is 32.1. The molecule has 0 unspecified atom stereocenters. The summed E-state index contributed by atoms with van der Waals surface area (Å²) in [5.41, 5.74) is 12.1. The van der Waals surface area contributed by atoms with Crippen LogP contribution in [-0.4, -0.2) is 8.75 Å². The molecule has 0 radical (unpaired) electrons. The predicted octanol–water partition coefficient (Wildman–Crippen LogP) is 15.1. The van der Waals surface area contributed by atoms with Crippen molar-refractivity contribution in [2.75, 3.05) is 9.80 Å². The zero-order chi connectivity index (χ0) is 37.0. The lowest BCUT2D eigenvalue weighted by molar-refractivity contribution is 1.29. The molecule has 7 aromatic carbocycles. The van der Waals surface area contributed by atoms with Gasteiger partial charge in [-0.15, -0.1) is 22.7 Å². The van der Waals surface area contributed by atoms with Gasteiger partial charge in [0.25, 0.3) is 0 Å². The average Bonchev–Trinajstić information content (AvgIpc) is 4.08. The molecule has 1 aliphatic rings. The molecule has 0 fully saturated rings. The fraction of sp³-hybridized carbons (Fsp3) is 0. The van der Waals surface area contributed by atoms with Gasteiger partial charge in [0, 0.05) is 64.4 Å². The Morgan fingerprint density at radius 1 is 0.375 bits per heavy atom. The Balaban J connectivity index is 1.02. The molecule has 6 nitrogen and oxygen atoms in total. The molecule has 4 heterocycles. The van der Waals surface area contributed by atoms with E-state index in [0.29, 0.717) is 0 Å². The Hall–Kier alpha value is -6.30. The first-order valence-electron chi connectivity index (χ1n) is 18.1. The van der Waals surface area contributed by atoms with Crippen molar-refractivity contribution in [3.8, 4) is 20.9 Å². The summed E-state index contributed by atoms with van der Waals surface area (Å²) in [5, 5.41) is 2.35. The smallest absolute Gasteiger partial charge is 0.116 e. The van der Waals surface area contributed by atoms with Gasteiger partial charge in [-0.2, -0.15) is 17.5 Å². The van der Waals surface area contributed by atoms with Crippen molar-refractivity contribution < 1.29 is 0 Å². The second-order valence-corrected chi connectivity index (χ2v) is 16.6. The van der Waals surface area contributed by atoms with E-state index in [0.717, 1.165) is 77.4 Å². The number of hydrogen-bond donors (Lipinski definition) is 0. The van der Waals surface area contributed by atoms with Crippen molar-refractivity contribution in [1.82, 2.24) is 8.75 Å². The van der Waals surface area contributed by atoms with Crippen LogP contribution < -0.4 is 9.80 Å². The van der Waals surface area contributed by atoms with E-state index in [1.807, 2.05) is 0 Å². The number of para-hydroxylation sites is 4. The Labute approximate surface area is 338 Å². The molecule has 0 atom stereocenters. The SMILES string of the molecule is c1ccc(N(c2ccccc2)c2ccc3cc(-c4c5c(c(-c6cc7ccc(N(c8ccccc8)c8ccccc8)cc7s6)c6nsnc46)N=S=N5)sc3c2)cc1. The van der Waals surface area contributed by atoms with Crippen LogP contribution in [0.4, 0.5) is 45.5 Å². The number of anilines is 6. The van der Waals surface area contributed by atoms with Crippen LogP contribution in [0.2, 0.25) is 0 Å². The minimum atomic E-state index is 0.865. The van der Waals surface area contributed by atoms with Gasteiger partial charge in [-0.25, -0.2) is 0 Å². The first-order chi connectivity index (χ1) is 27.8. The van der Waals surface area contributed by atoms with E-state index in [-0.39, 0.29) is 0 Å². The summed E-state index contributed by atoms with van der Waals surface area (Å²) < 4.78 is 22.1. The Morgan fingerprint density at radius 2 is 0.750 bits per heavy atom. The van der Waals surface area contributed by atoms with E-state index in [1.165, 1.54) is 43.3 Å². The highest BCUT2D eigenvalue weighted by Gasteiger charge is 2.28. The molecule has 0 saturated heterocycles. The van der Waals surface area contributed by atoms with Crippen LogP contribution >= 0.6 is 34.4 Å². The van der Waals surface area contributed by atoms with Crippen LogP contribution in [0.5, 0.6) is 0 Å². The largest absolute Gasteiger partial charge is 0.310 e. The molecule has 0 saturated carbocycles. The normalized spacial score (nSPS) is 12.0. The van der Waals surface area contributed by atoms with Gasteiger partial charge in [0.1, 0.15) is 22.4 Å². The number of rotatable bonds is 8. The van der Waals surface area contributed by atoms with Crippen LogP contribution in [0.3, 0.4) is 0 Å². The maximum absolute atomic E-state index is 4.93. The van der Waals surface area contributed by atoms with Gasteiger partial charge in [0.15, 0.2) is 0 Å². The lowest BCUT2D eigenvalue weighted by atomic mass is 10.0. The van der Waals surface area contributed by atoms with Crippen molar-refractivity contribution in [3.05, 3.63) is 170 Å². The Kier molecular flexibility index (Phi) is 8.13. The lowest BCUT2D eigenvalue weighted by Gasteiger charge is -2.25. The van der Waals surface area contributed by atoms with Gasteiger partial charge in [-0.3, -0.25) is 0 Å². The summed E-state index contributed by atoms with van der Waals surface area (Å²) in [6.45, 7) is 0. The van der Waals surface area contributed by atoms with Gasteiger partial charge in [-0.05, 0) is 95.7 Å². The zero-order valence-corrected chi connectivity index (χ0v) is 32.7. The van der Waals surface area contributed by atoms with Crippen molar-refractivity contribution in [2.45, 2.75) is 0 Å². The molecule has 56 heavy (non-hydrogen) atoms. The molecule has 0 N–H and O–H groups in total. The van der Waals surface area contributed by atoms with Crippen molar-refractivity contribution in [3.63, 3.8) is 0 Å². The predicted molar refractivity (Wildman–Crippen MR) is 240 cm³/mol. The average molecular weight is 793 g/mol. The minimum Gasteiger partial charge on any atom is -0.310 e. The topological polar surface area (TPSA) is 57.0 Å². The quantitative estimate of drug-likeness (QED) is 0.154. The molecule has 0 bridgehead atoms. The van der Waals surface area contributed by atoms with Crippen LogP contribution in [-0.2, 0) is 11.4 Å². The first kappa shape index (κ1) is 33.1. The highest BCUT2D eigenvalue weighted by molar-refractivity contribution is 7.58. The van der Waals surface area contributed by atoms with E-state index < -0.39 is 0 Å². The third kappa shape index (κ3) is 5.65. The fourth-order valence-electron chi connectivity index (χ4n) is 7.49. The second kappa shape index (κ2) is 13.8. The van der Waals surface area contributed by atoms with E-state index in [1.54, 1.807) is 22.7 Å². The van der Waals surface area contributed by atoms with Crippen LogP contribution in [0.1, 0.15) is 0 Å². The summed E-state index contributed by atoms with van der Waals surface area (Å²) >= 11 is 6.01. The summed E-state index contributed by atoms with van der Waals surface area (Å²) in [5.74, 6) is 0. The first-order valence-corrected chi connectivity index (χ1v) is 21.1. The molecule has 10 heteroatoms. The lowest BCUT2D eigenvalue weighted by Crippen LogP contribution is -2.09. The van der Waals surface area contributed by atoms with Crippen molar-refractivity contribution in [2.24, 2.45) is 8.73 Å². The molecular formula is C46H28N6S4.